The van der Waals surface area contributed by atoms with Gasteiger partial charge in [-0.1, -0.05) is 0 Å². The molecule has 6 nitrogen and oxygen atoms in total. The quantitative estimate of drug-likeness (QED) is 0.668. The fourth-order valence-corrected chi connectivity index (χ4v) is 1.71. The fraction of sp³-hybridized carbons (Fsp3) is 0.545. The number of aromatic nitrogens is 1. The Balaban J connectivity index is 2.40. The molecule has 0 aliphatic rings. The lowest BCUT2D eigenvalue weighted by atomic mass is 10.2. The van der Waals surface area contributed by atoms with Crippen molar-refractivity contribution in [3.8, 4) is 0 Å². The van der Waals surface area contributed by atoms with Gasteiger partial charge in [-0.25, -0.2) is 9.78 Å². The summed E-state index contributed by atoms with van der Waals surface area (Å²) < 4.78 is 9.33. The van der Waals surface area contributed by atoms with Gasteiger partial charge in [-0.05, 0) is 20.8 Å². The molecule has 100 valence electrons. The van der Waals surface area contributed by atoms with E-state index in [4.69, 9.17) is 10.5 Å². The second-order valence-electron chi connectivity index (χ2n) is 4.66. The minimum atomic E-state index is -1.02. The summed E-state index contributed by atoms with van der Waals surface area (Å²) in [5, 5.41) is 1.74. The van der Waals surface area contributed by atoms with Crippen LogP contribution in [0.25, 0.3) is 0 Å². The number of hydrogen-bond donors (Lipinski definition) is 1. The molecule has 0 amide bonds. The minimum absolute atomic E-state index is 0.122. The fourth-order valence-electron chi connectivity index (χ4n) is 1.09. The maximum atomic E-state index is 11.4. The van der Waals surface area contributed by atoms with E-state index in [2.05, 4.69) is 9.72 Å². The highest BCUT2D eigenvalue weighted by molar-refractivity contribution is 7.07. The smallest absolute Gasteiger partial charge is 0.428 e. The summed E-state index contributed by atoms with van der Waals surface area (Å²) >= 11 is 1.38. The van der Waals surface area contributed by atoms with Crippen LogP contribution >= 0.6 is 11.3 Å². The topological polar surface area (TPSA) is 91.5 Å². The van der Waals surface area contributed by atoms with Crippen molar-refractivity contribution in [3.63, 3.8) is 0 Å². The number of thiazole rings is 1. The van der Waals surface area contributed by atoms with E-state index in [1.165, 1.54) is 11.3 Å². The molecule has 0 saturated heterocycles. The van der Waals surface area contributed by atoms with E-state index in [1.54, 1.807) is 31.7 Å². The van der Waals surface area contributed by atoms with E-state index in [-0.39, 0.29) is 6.42 Å². The summed E-state index contributed by atoms with van der Waals surface area (Å²) in [6.07, 6.45) is -1.14. The van der Waals surface area contributed by atoms with E-state index in [0.717, 1.165) is 0 Å². The highest BCUT2D eigenvalue weighted by atomic mass is 32.1. The summed E-state index contributed by atoms with van der Waals surface area (Å²) in [6.45, 7) is 5.04. The Morgan fingerprint density at radius 3 is 2.67 bits per heavy atom. The van der Waals surface area contributed by atoms with Crippen LogP contribution in [0.5, 0.6) is 0 Å². The molecule has 1 atom stereocenters. The molecule has 0 spiro atoms. The number of ether oxygens (including phenoxy) is 2. The van der Waals surface area contributed by atoms with Gasteiger partial charge >= 0.3 is 12.1 Å². The second kappa shape index (κ2) is 5.92. The standard InChI is InChI=1S/C11H16N2O4S/c1-11(2,3)17-10(15)16-9(14)4-7(12)8-5-18-6-13-8/h5-7H,4,12H2,1-3H3. The predicted octanol–water partition coefficient (Wildman–Crippen LogP) is 2.01. The van der Waals surface area contributed by atoms with Crippen LogP contribution in [0.4, 0.5) is 4.79 Å². The average Bonchev–Trinajstić information content (AvgIpc) is 2.65. The van der Waals surface area contributed by atoms with Gasteiger partial charge in [0.05, 0.1) is 23.7 Å². The molecule has 7 heteroatoms. The minimum Gasteiger partial charge on any atom is -0.428 e. The Bertz CT molecular complexity index is 411. The number of esters is 1. The van der Waals surface area contributed by atoms with Crippen molar-refractivity contribution < 1.29 is 19.1 Å². The first-order valence-electron chi connectivity index (χ1n) is 5.35. The molecular weight excluding hydrogens is 256 g/mol. The Hall–Kier alpha value is -1.47. The summed E-state index contributed by atoms with van der Waals surface area (Å²) in [5.74, 6) is -0.732. The summed E-state index contributed by atoms with van der Waals surface area (Å²) in [4.78, 5) is 26.6. The number of nitrogens with two attached hydrogens (primary N) is 1. The Morgan fingerprint density at radius 2 is 2.17 bits per heavy atom. The molecule has 0 aromatic carbocycles. The van der Waals surface area contributed by atoms with Gasteiger partial charge < -0.3 is 15.2 Å². The molecule has 0 bridgehead atoms. The lowest BCUT2D eigenvalue weighted by Crippen LogP contribution is -2.27. The number of nitrogens with zero attached hydrogens (tertiary/aromatic N) is 1. The molecule has 18 heavy (non-hydrogen) atoms. The van der Waals surface area contributed by atoms with Crippen molar-refractivity contribution in [2.24, 2.45) is 5.73 Å². The molecule has 1 heterocycles. The van der Waals surface area contributed by atoms with Gasteiger partial charge in [0.15, 0.2) is 0 Å². The normalized spacial score (nSPS) is 12.9. The molecule has 1 unspecified atom stereocenters. The van der Waals surface area contributed by atoms with Gasteiger partial charge in [-0.2, -0.15) is 0 Å². The van der Waals surface area contributed by atoms with Gasteiger partial charge in [0.2, 0.25) is 0 Å². The zero-order valence-corrected chi connectivity index (χ0v) is 11.3. The third-order valence-corrected chi connectivity index (χ3v) is 2.41. The van der Waals surface area contributed by atoms with Crippen LogP contribution in [-0.2, 0) is 14.3 Å². The van der Waals surface area contributed by atoms with Crippen molar-refractivity contribution >= 4 is 23.5 Å². The summed E-state index contributed by atoms with van der Waals surface area (Å²) in [7, 11) is 0. The first-order chi connectivity index (χ1) is 8.28. The maximum Gasteiger partial charge on any atom is 0.516 e. The molecule has 0 saturated carbocycles. The predicted molar refractivity (Wildman–Crippen MR) is 66.0 cm³/mol. The van der Waals surface area contributed by atoms with E-state index in [1.807, 2.05) is 0 Å². The molecular formula is C11H16N2O4S. The lowest BCUT2D eigenvalue weighted by molar-refractivity contribution is -0.141. The van der Waals surface area contributed by atoms with Crippen molar-refractivity contribution in [2.45, 2.75) is 38.8 Å². The first kappa shape index (κ1) is 14.6. The SMILES string of the molecule is CC(C)(C)OC(=O)OC(=O)CC(N)c1cscn1. The van der Waals surface area contributed by atoms with Gasteiger partial charge in [0.1, 0.15) is 5.60 Å². The van der Waals surface area contributed by atoms with Crippen LogP contribution in [0.3, 0.4) is 0 Å². The number of rotatable bonds is 3. The molecule has 0 fully saturated rings. The molecule has 1 aromatic rings. The van der Waals surface area contributed by atoms with Crippen LogP contribution in [0.1, 0.15) is 38.9 Å². The Labute approximate surface area is 109 Å². The van der Waals surface area contributed by atoms with Crippen LogP contribution in [0.15, 0.2) is 10.9 Å². The van der Waals surface area contributed by atoms with Crippen molar-refractivity contribution in [1.82, 2.24) is 4.98 Å². The Morgan fingerprint density at radius 1 is 1.50 bits per heavy atom. The van der Waals surface area contributed by atoms with Crippen molar-refractivity contribution in [2.75, 3.05) is 0 Å². The summed E-state index contributed by atoms with van der Waals surface area (Å²) in [6, 6.07) is -0.578. The van der Waals surface area contributed by atoms with E-state index >= 15 is 0 Å². The third kappa shape index (κ3) is 5.24. The number of carbonyl (C=O) groups excluding carboxylic acids is 2. The van der Waals surface area contributed by atoms with Gasteiger partial charge in [0.25, 0.3) is 0 Å². The van der Waals surface area contributed by atoms with Crippen LogP contribution in [0, 0.1) is 0 Å². The monoisotopic (exact) mass is 272 g/mol. The van der Waals surface area contributed by atoms with Crippen molar-refractivity contribution in [1.29, 1.82) is 0 Å². The molecule has 0 aliphatic heterocycles. The molecule has 0 radical (unpaired) electrons. The largest absolute Gasteiger partial charge is 0.516 e. The second-order valence-corrected chi connectivity index (χ2v) is 5.38. The molecule has 1 aromatic heterocycles. The Kier molecular flexibility index (Phi) is 4.80. The first-order valence-corrected chi connectivity index (χ1v) is 6.29. The van der Waals surface area contributed by atoms with Gasteiger partial charge in [-0.3, -0.25) is 4.79 Å². The highest BCUT2D eigenvalue weighted by Crippen LogP contribution is 2.15. The van der Waals surface area contributed by atoms with E-state index in [9.17, 15) is 9.59 Å². The molecule has 2 N–H and O–H groups in total. The molecule has 0 aliphatic carbocycles. The van der Waals surface area contributed by atoms with E-state index < -0.39 is 23.8 Å². The van der Waals surface area contributed by atoms with Gasteiger partial charge in [-0.15, -0.1) is 11.3 Å². The average molecular weight is 272 g/mol. The third-order valence-electron chi connectivity index (χ3n) is 1.80. The highest BCUT2D eigenvalue weighted by Gasteiger charge is 2.22. The van der Waals surface area contributed by atoms with Crippen molar-refractivity contribution in [3.05, 3.63) is 16.6 Å². The zero-order valence-electron chi connectivity index (χ0n) is 10.5. The zero-order chi connectivity index (χ0) is 13.8. The summed E-state index contributed by atoms with van der Waals surface area (Å²) in [5.41, 5.74) is 7.25. The number of hydrogen-bond acceptors (Lipinski definition) is 7. The molecule has 1 rings (SSSR count). The van der Waals surface area contributed by atoms with Gasteiger partial charge in [0, 0.05) is 5.38 Å². The van der Waals surface area contributed by atoms with Crippen LogP contribution in [0.2, 0.25) is 0 Å². The van der Waals surface area contributed by atoms with Crippen LogP contribution in [-0.4, -0.2) is 22.7 Å². The number of carbonyl (C=O) groups is 2. The lowest BCUT2D eigenvalue weighted by Gasteiger charge is -2.18. The van der Waals surface area contributed by atoms with Crippen LogP contribution < -0.4 is 5.73 Å². The maximum absolute atomic E-state index is 11.4. The van der Waals surface area contributed by atoms with E-state index in [0.29, 0.717) is 5.69 Å².